The summed E-state index contributed by atoms with van der Waals surface area (Å²) < 4.78 is 52.1. The molecule has 2 aromatic rings. The molecular formula is C24H17F3N2O3. The van der Waals surface area contributed by atoms with Crippen LogP contribution in [0.25, 0.3) is 5.57 Å². The summed E-state index contributed by atoms with van der Waals surface area (Å²) in [6.45, 7) is 0.0521. The van der Waals surface area contributed by atoms with Crippen LogP contribution in [0.15, 0.2) is 65.4 Å². The molecule has 0 N–H and O–H groups in total. The van der Waals surface area contributed by atoms with Gasteiger partial charge in [-0.25, -0.2) is 13.2 Å². The molecule has 1 aliphatic heterocycles. The normalized spacial score (nSPS) is 18.1. The lowest BCUT2D eigenvalue weighted by Crippen LogP contribution is -2.34. The van der Waals surface area contributed by atoms with Crippen LogP contribution < -0.4 is 9.64 Å². The number of methoxy groups -OCH3 is 2. The second kappa shape index (κ2) is 8.36. The van der Waals surface area contributed by atoms with E-state index in [0.717, 1.165) is 12.1 Å². The molecule has 1 unspecified atom stereocenters. The Labute approximate surface area is 182 Å². The third-order valence-electron chi connectivity index (χ3n) is 5.41. The summed E-state index contributed by atoms with van der Waals surface area (Å²) in [7, 11) is 2.86. The minimum atomic E-state index is -1.60. The molecule has 1 heterocycles. The van der Waals surface area contributed by atoms with Crippen molar-refractivity contribution in [3.63, 3.8) is 0 Å². The van der Waals surface area contributed by atoms with Crippen LogP contribution in [-0.2, 0) is 9.53 Å². The Kier molecular flexibility index (Phi) is 5.59. The zero-order valence-corrected chi connectivity index (χ0v) is 17.2. The van der Waals surface area contributed by atoms with Crippen molar-refractivity contribution >= 4 is 17.0 Å². The van der Waals surface area contributed by atoms with Crippen LogP contribution in [0.1, 0.15) is 5.56 Å². The highest BCUT2D eigenvalue weighted by Gasteiger charge is 2.36. The van der Waals surface area contributed by atoms with E-state index >= 15 is 0 Å². The van der Waals surface area contributed by atoms with E-state index in [4.69, 9.17) is 9.47 Å². The monoisotopic (exact) mass is 438 g/mol. The smallest absolute Gasteiger partial charge is 0.196 e. The Hall–Kier alpha value is -3.83. The van der Waals surface area contributed by atoms with E-state index < -0.39 is 29.3 Å². The summed E-state index contributed by atoms with van der Waals surface area (Å²) >= 11 is 0. The standard InChI is InChI=1S/C24H17F3N2O3/c1-31-16-5-3-15(4-6-16)29-11-17(13-7-19(25)23(27)20(26)8-13)22-18(12-29)14(10-28)9-21(32-2)24(22)30/h3-9,12,21H,11H2,1-2H3. The van der Waals surface area contributed by atoms with Crippen LogP contribution in [0.4, 0.5) is 18.9 Å². The first kappa shape index (κ1) is 21.4. The van der Waals surface area contributed by atoms with E-state index in [9.17, 15) is 23.2 Å². The molecule has 0 spiro atoms. The van der Waals surface area contributed by atoms with Gasteiger partial charge in [-0.05, 0) is 53.6 Å². The molecule has 8 heteroatoms. The number of carbonyl (C=O) groups excluding carboxylic acids is 1. The first-order valence-electron chi connectivity index (χ1n) is 9.58. The van der Waals surface area contributed by atoms with Crippen LogP contribution in [0.2, 0.25) is 0 Å². The van der Waals surface area contributed by atoms with Crippen LogP contribution in [-0.4, -0.2) is 32.7 Å². The van der Waals surface area contributed by atoms with Crippen molar-refractivity contribution in [1.82, 2.24) is 0 Å². The highest BCUT2D eigenvalue weighted by Crippen LogP contribution is 2.40. The summed E-state index contributed by atoms with van der Waals surface area (Å²) in [4.78, 5) is 14.9. The van der Waals surface area contributed by atoms with Gasteiger partial charge < -0.3 is 14.4 Å². The van der Waals surface area contributed by atoms with Crippen LogP contribution in [0.5, 0.6) is 5.75 Å². The van der Waals surface area contributed by atoms with Crippen LogP contribution in [0, 0.1) is 28.8 Å². The number of fused-ring (bicyclic) bond motifs is 1. The SMILES string of the molecule is COc1ccc(N2C=C3C(C#N)=CC(OC)C(=O)C3=C(c3cc(F)c(F)c(F)c3)C2)cc1. The quantitative estimate of drug-likeness (QED) is 0.666. The number of nitrogens with zero attached hydrogens (tertiary/aromatic N) is 2. The van der Waals surface area contributed by atoms with Gasteiger partial charge in [0.15, 0.2) is 23.2 Å². The van der Waals surface area contributed by atoms with Gasteiger partial charge in [-0.3, -0.25) is 4.79 Å². The zero-order chi connectivity index (χ0) is 23.0. The fourth-order valence-electron chi connectivity index (χ4n) is 3.80. The number of nitriles is 1. The fraction of sp³-hybridized carbons (Fsp3) is 0.167. The van der Waals surface area contributed by atoms with Gasteiger partial charge in [0.1, 0.15) is 11.9 Å². The van der Waals surface area contributed by atoms with E-state index in [1.54, 1.807) is 35.4 Å². The summed E-state index contributed by atoms with van der Waals surface area (Å²) in [5, 5.41) is 9.68. The average Bonchev–Trinajstić information content (AvgIpc) is 2.81. The zero-order valence-electron chi connectivity index (χ0n) is 17.2. The number of halogens is 3. The molecular weight excluding hydrogens is 421 g/mol. The lowest BCUT2D eigenvalue weighted by Gasteiger charge is -2.33. The number of ether oxygens (including phenoxy) is 2. The molecule has 2 aliphatic rings. The Morgan fingerprint density at radius 2 is 1.75 bits per heavy atom. The van der Waals surface area contributed by atoms with Gasteiger partial charge in [0.2, 0.25) is 0 Å². The molecule has 0 fully saturated rings. The van der Waals surface area contributed by atoms with Gasteiger partial charge in [0, 0.05) is 36.7 Å². The summed E-state index contributed by atoms with van der Waals surface area (Å²) in [5.41, 5.74) is 1.55. The van der Waals surface area contributed by atoms with Gasteiger partial charge in [-0.15, -0.1) is 0 Å². The molecule has 4 rings (SSSR count). The van der Waals surface area contributed by atoms with Gasteiger partial charge >= 0.3 is 0 Å². The van der Waals surface area contributed by atoms with E-state index in [-0.39, 0.29) is 28.8 Å². The van der Waals surface area contributed by atoms with Crippen molar-refractivity contribution in [1.29, 1.82) is 5.26 Å². The van der Waals surface area contributed by atoms with E-state index in [1.165, 1.54) is 20.3 Å². The van der Waals surface area contributed by atoms with Gasteiger partial charge in [0.05, 0.1) is 18.8 Å². The van der Waals surface area contributed by atoms with Gasteiger partial charge in [0.25, 0.3) is 0 Å². The molecule has 0 amide bonds. The Morgan fingerprint density at radius 3 is 2.31 bits per heavy atom. The first-order valence-corrected chi connectivity index (χ1v) is 9.58. The number of anilines is 1. The molecule has 0 radical (unpaired) electrons. The molecule has 0 saturated carbocycles. The third kappa shape index (κ3) is 3.57. The van der Waals surface area contributed by atoms with Crippen molar-refractivity contribution in [3.8, 4) is 11.8 Å². The number of allylic oxidation sites excluding steroid dienone is 2. The molecule has 0 saturated heterocycles. The molecule has 1 atom stereocenters. The number of benzene rings is 2. The minimum Gasteiger partial charge on any atom is -0.497 e. The highest BCUT2D eigenvalue weighted by atomic mass is 19.2. The fourth-order valence-corrected chi connectivity index (χ4v) is 3.80. The molecule has 32 heavy (non-hydrogen) atoms. The highest BCUT2D eigenvalue weighted by molar-refractivity contribution is 6.14. The Bertz CT molecular complexity index is 1220. The van der Waals surface area contributed by atoms with Gasteiger partial charge in [-0.2, -0.15) is 5.26 Å². The van der Waals surface area contributed by atoms with E-state index in [0.29, 0.717) is 17.0 Å². The van der Waals surface area contributed by atoms with Gasteiger partial charge in [-0.1, -0.05) is 0 Å². The molecule has 162 valence electrons. The van der Waals surface area contributed by atoms with E-state index in [2.05, 4.69) is 6.07 Å². The second-order valence-corrected chi connectivity index (χ2v) is 7.19. The van der Waals surface area contributed by atoms with Crippen molar-refractivity contribution in [2.75, 3.05) is 25.7 Å². The predicted octanol–water partition coefficient (Wildman–Crippen LogP) is 4.32. The number of hydrogen-bond acceptors (Lipinski definition) is 5. The van der Waals surface area contributed by atoms with Crippen LogP contribution >= 0.6 is 0 Å². The summed E-state index contributed by atoms with van der Waals surface area (Å²) in [6.07, 6.45) is 2.02. The third-order valence-corrected chi connectivity index (χ3v) is 5.41. The maximum absolute atomic E-state index is 14.1. The predicted molar refractivity (Wildman–Crippen MR) is 111 cm³/mol. The van der Waals surface area contributed by atoms with Crippen molar-refractivity contribution < 1.29 is 27.4 Å². The number of carbonyl (C=O) groups is 1. The summed E-state index contributed by atoms with van der Waals surface area (Å²) in [5.74, 6) is -4.16. The minimum absolute atomic E-state index is 0.00269. The second-order valence-electron chi connectivity index (χ2n) is 7.19. The number of Topliss-reactive ketones (excluding diaryl/α,β-unsaturated/α-hetero) is 1. The van der Waals surface area contributed by atoms with Crippen molar-refractivity contribution in [3.05, 3.63) is 88.4 Å². The van der Waals surface area contributed by atoms with E-state index in [1.807, 2.05) is 0 Å². The van der Waals surface area contributed by atoms with Crippen LogP contribution in [0.3, 0.4) is 0 Å². The number of rotatable bonds is 4. The number of hydrogen-bond donors (Lipinski definition) is 0. The molecule has 1 aliphatic carbocycles. The van der Waals surface area contributed by atoms with Crippen molar-refractivity contribution in [2.24, 2.45) is 0 Å². The largest absolute Gasteiger partial charge is 0.497 e. The first-order chi connectivity index (χ1) is 15.4. The van der Waals surface area contributed by atoms with Crippen molar-refractivity contribution in [2.45, 2.75) is 6.10 Å². The maximum atomic E-state index is 14.1. The Morgan fingerprint density at radius 1 is 1.09 bits per heavy atom. The summed E-state index contributed by atoms with van der Waals surface area (Å²) in [6, 6.07) is 10.7. The molecule has 0 aromatic heterocycles. The number of ketones is 1. The topological polar surface area (TPSA) is 62.6 Å². The molecule has 0 bridgehead atoms. The molecule has 5 nitrogen and oxygen atoms in total. The Balaban J connectivity index is 1.94. The lowest BCUT2D eigenvalue weighted by atomic mass is 9.80. The lowest BCUT2D eigenvalue weighted by molar-refractivity contribution is -0.122. The average molecular weight is 438 g/mol. The maximum Gasteiger partial charge on any atom is 0.196 e. The molecule has 2 aromatic carbocycles.